The molecule has 50 heavy (non-hydrogen) atoms. The Labute approximate surface area is 294 Å². The number of rotatable bonds is 9. The van der Waals surface area contributed by atoms with Crippen molar-refractivity contribution in [3.63, 3.8) is 0 Å². The van der Waals surface area contributed by atoms with Crippen molar-refractivity contribution in [1.29, 1.82) is 0 Å². The molecule has 2 aromatic heterocycles. The Hall–Kier alpha value is -5.38. The SMILES string of the molecule is COC(=O)C1=C(CN2CCN3C(=O)N(c4ccc(Oc5ccc(C(=O)O)cn5)cc4)CC3C2)NC(c2nccs2)=NC1c1ccc(F)cc1Cl. The van der Waals surface area contributed by atoms with E-state index in [0.717, 1.165) is 0 Å². The van der Waals surface area contributed by atoms with Crippen molar-refractivity contribution in [2.75, 3.05) is 44.7 Å². The average molecular weight is 718 g/mol. The molecule has 256 valence electrons. The lowest BCUT2D eigenvalue weighted by Crippen LogP contribution is -2.53. The molecule has 3 aliphatic heterocycles. The number of benzene rings is 2. The summed E-state index contributed by atoms with van der Waals surface area (Å²) in [7, 11) is 1.29. The minimum atomic E-state index is -1.08. The summed E-state index contributed by atoms with van der Waals surface area (Å²) in [6.07, 6.45) is 2.88. The third-order valence-corrected chi connectivity index (χ3v) is 9.70. The van der Waals surface area contributed by atoms with E-state index in [1.54, 1.807) is 35.4 Å². The van der Waals surface area contributed by atoms with Gasteiger partial charge in [0.2, 0.25) is 5.88 Å². The van der Waals surface area contributed by atoms with Crippen molar-refractivity contribution in [2.24, 2.45) is 4.99 Å². The molecular weight excluding hydrogens is 689 g/mol. The van der Waals surface area contributed by atoms with Crippen LogP contribution in [0.1, 0.15) is 27.0 Å². The van der Waals surface area contributed by atoms with E-state index < -0.39 is 23.8 Å². The fraction of sp³-hybridized carbons (Fsp3) is 0.235. The largest absolute Gasteiger partial charge is 0.478 e. The van der Waals surface area contributed by atoms with Crippen LogP contribution >= 0.6 is 22.9 Å². The molecule has 5 heterocycles. The Morgan fingerprint density at radius 3 is 2.60 bits per heavy atom. The van der Waals surface area contributed by atoms with Crippen LogP contribution in [0.2, 0.25) is 5.02 Å². The molecule has 2 fully saturated rings. The van der Waals surface area contributed by atoms with Gasteiger partial charge in [0.25, 0.3) is 0 Å². The predicted octanol–water partition coefficient (Wildman–Crippen LogP) is 4.97. The molecule has 2 atom stereocenters. The van der Waals surface area contributed by atoms with Gasteiger partial charge in [-0.2, -0.15) is 0 Å². The van der Waals surface area contributed by atoms with Crippen molar-refractivity contribution in [1.82, 2.24) is 25.1 Å². The number of carbonyl (C=O) groups excluding carboxylic acids is 2. The van der Waals surface area contributed by atoms with Gasteiger partial charge in [-0.3, -0.25) is 14.8 Å². The summed E-state index contributed by atoms with van der Waals surface area (Å²) in [5, 5.41) is 14.9. The normalized spacial score (nSPS) is 19.2. The summed E-state index contributed by atoms with van der Waals surface area (Å²) < 4.78 is 25.0. The maximum absolute atomic E-state index is 14.0. The second-order valence-electron chi connectivity index (χ2n) is 11.7. The number of esters is 1. The molecule has 0 spiro atoms. The Kier molecular flexibility index (Phi) is 9.18. The molecule has 0 saturated carbocycles. The van der Waals surface area contributed by atoms with Crippen molar-refractivity contribution in [3.8, 4) is 11.6 Å². The lowest BCUT2D eigenvalue weighted by Gasteiger charge is -2.38. The van der Waals surface area contributed by atoms with E-state index in [-0.39, 0.29) is 34.1 Å². The first kappa shape index (κ1) is 33.1. The number of thiazole rings is 1. The molecule has 3 aliphatic rings. The number of nitrogens with one attached hydrogen (secondary N) is 1. The number of aliphatic imine (C=N–C) groups is 1. The monoisotopic (exact) mass is 717 g/mol. The number of pyridine rings is 1. The van der Waals surface area contributed by atoms with E-state index in [1.807, 2.05) is 10.3 Å². The lowest BCUT2D eigenvalue weighted by atomic mass is 9.95. The van der Waals surface area contributed by atoms with Gasteiger partial charge in [-0.25, -0.2) is 28.7 Å². The molecule has 16 heteroatoms. The van der Waals surface area contributed by atoms with Crippen LogP contribution in [0.4, 0.5) is 14.9 Å². The smallest absolute Gasteiger partial charge is 0.338 e. The molecule has 2 N–H and O–H groups in total. The number of halogens is 2. The van der Waals surface area contributed by atoms with Crippen molar-refractivity contribution in [3.05, 3.63) is 111 Å². The zero-order chi connectivity index (χ0) is 34.9. The van der Waals surface area contributed by atoms with E-state index in [9.17, 15) is 18.8 Å². The number of methoxy groups -OCH3 is 1. The molecule has 13 nitrogen and oxygen atoms in total. The topological polar surface area (TPSA) is 150 Å². The van der Waals surface area contributed by atoms with Gasteiger partial charge in [0.05, 0.1) is 24.3 Å². The number of hydrogen-bond acceptors (Lipinski definition) is 11. The van der Waals surface area contributed by atoms with E-state index in [1.165, 1.54) is 55.0 Å². The Balaban J connectivity index is 1.09. The number of carboxylic acids is 1. The number of carboxylic acid groups (broad SMARTS) is 1. The van der Waals surface area contributed by atoms with Gasteiger partial charge in [0.15, 0.2) is 10.8 Å². The summed E-state index contributed by atoms with van der Waals surface area (Å²) in [5.74, 6) is -1.00. The first-order valence-electron chi connectivity index (χ1n) is 15.5. The third-order valence-electron chi connectivity index (χ3n) is 8.60. The summed E-state index contributed by atoms with van der Waals surface area (Å²) in [6, 6.07) is 12.8. The van der Waals surface area contributed by atoms with Gasteiger partial charge in [0.1, 0.15) is 17.6 Å². The second kappa shape index (κ2) is 13.9. The van der Waals surface area contributed by atoms with Crippen LogP contribution in [0.15, 0.2) is 88.6 Å². The number of fused-ring (bicyclic) bond motifs is 1. The number of amidine groups is 1. The summed E-state index contributed by atoms with van der Waals surface area (Å²) in [5.41, 5.74) is 2.01. The molecule has 2 unspecified atom stereocenters. The zero-order valence-corrected chi connectivity index (χ0v) is 28.0. The van der Waals surface area contributed by atoms with Crippen LogP contribution in [0.25, 0.3) is 0 Å². The number of aromatic carboxylic acids is 1. The molecule has 4 aromatic rings. The van der Waals surface area contributed by atoms with Crippen molar-refractivity contribution >= 4 is 52.4 Å². The Morgan fingerprint density at radius 1 is 1.10 bits per heavy atom. The fourth-order valence-corrected chi connectivity index (χ4v) is 7.06. The summed E-state index contributed by atoms with van der Waals surface area (Å²) in [4.78, 5) is 56.9. The van der Waals surface area contributed by atoms with Gasteiger partial charge in [0, 0.05) is 78.5 Å². The Morgan fingerprint density at radius 2 is 1.92 bits per heavy atom. The molecule has 2 amide bonds. The highest BCUT2D eigenvalue weighted by molar-refractivity contribution is 7.11. The number of nitrogens with zero attached hydrogens (tertiary/aromatic N) is 6. The highest BCUT2D eigenvalue weighted by Crippen LogP contribution is 2.37. The van der Waals surface area contributed by atoms with Crippen LogP contribution in [-0.2, 0) is 9.53 Å². The highest BCUT2D eigenvalue weighted by Gasteiger charge is 2.42. The summed E-state index contributed by atoms with van der Waals surface area (Å²) >= 11 is 7.87. The maximum atomic E-state index is 14.0. The first-order valence-corrected chi connectivity index (χ1v) is 16.7. The van der Waals surface area contributed by atoms with E-state index in [4.69, 9.17) is 31.2 Å². The van der Waals surface area contributed by atoms with Crippen LogP contribution in [0.3, 0.4) is 0 Å². The Bertz CT molecular complexity index is 2010. The number of hydrogen-bond donors (Lipinski definition) is 2. The number of piperazine rings is 1. The number of carbonyl (C=O) groups is 3. The quantitative estimate of drug-likeness (QED) is 0.228. The second-order valence-corrected chi connectivity index (χ2v) is 13.0. The lowest BCUT2D eigenvalue weighted by molar-refractivity contribution is -0.136. The van der Waals surface area contributed by atoms with Gasteiger partial charge in [-0.1, -0.05) is 17.7 Å². The number of amides is 2. The van der Waals surface area contributed by atoms with Gasteiger partial charge in [-0.15, -0.1) is 11.3 Å². The number of urea groups is 1. The molecule has 0 aliphatic carbocycles. The number of aromatic nitrogens is 2. The zero-order valence-electron chi connectivity index (χ0n) is 26.5. The van der Waals surface area contributed by atoms with Crippen LogP contribution in [0.5, 0.6) is 11.6 Å². The van der Waals surface area contributed by atoms with E-state index >= 15 is 0 Å². The molecule has 0 bridgehead atoms. The third kappa shape index (κ3) is 6.62. The molecule has 2 saturated heterocycles. The molecular formula is C34H29ClFN7O6S. The number of anilines is 1. The van der Waals surface area contributed by atoms with Crippen molar-refractivity contribution in [2.45, 2.75) is 12.1 Å². The average Bonchev–Trinajstić information content (AvgIpc) is 3.77. The molecule has 7 rings (SSSR count). The van der Waals surface area contributed by atoms with Crippen LogP contribution < -0.4 is 15.0 Å². The fourth-order valence-electron chi connectivity index (χ4n) is 6.20. The van der Waals surface area contributed by atoms with Crippen LogP contribution in [-0.4, -0.2) is 94.6 Å². The number of ether oxygens (including phenoxy) is 2. The van der Waals surface area contributed by atoms with Crippen molar-refractivity contribution < 1.29 is 33.4 Å². The molecule has 0 radical (unpaired) electrons. The standard InChI is InChI=1S/C34H29ClFN7O6S/c1-48-33(46)28-26(39-30(31-37-10-13-50-31)40-29(28)24-8-3-20(36)14-25(24)35)18-41-11-12-42-22(16-41)17-43(34(42)47)21-4-6-23(7-5-21)49-27-9-2-19(15-38-27)32(44)45/h2-10,13-15,22,29H,11-12,16-18H2,1H3,(H,39,40)(H,44,45). The van der Waals surface area contributed by atoms with Gasteiger partial charge >= 0.3 is 18.0 Å². The predicted molar refractivity (Wildman–Crippen MR) is 182 cm³/mol. The van der Waals surface area contributed by atoms with Gasteiger partial charge < -0.3 is 24.8 Å². The van der Waals surface area contributed by atoms with Gasteiger partial charge in [-0.05, 0) is 42.5 Å². The van der Waals surface area contributed by atoms with Crippen LogP contribution in [0, 0.1) is 5.82 Å². The van der Waals surface area contributed by atoms with E-state index in [2.05, 4.69) is 20.2 Å². The molecule has 2 aromatic carbocycles. The van der Waals surface area contributed by atoms with E-state index in [0.29, 0.717) is 66.3 Å². The minimum absolute atomic E-state index is 0.0549. The first-order chi connectivity index (χ1) is 24.2. The highest BCUT2D eigenvalue weighted by atomic mass is 35.5. The minimum Gasteiger partial charge on any atom is -0.478 e. The summed E-state index contributed by atoms with van der Waals surface area (Å²) in [6.45, 7) is 2.31. The maximum Gasteiger partial charge on any atom is 0.338 e.